The maximum atomic E-state index is 5.58. The Balaban J connectivity index is 0.00000338. The van der Waals surface area contributed by atoms with E-state index >= 15 is 0 Å². The number of hydrogen-bond acceptors (Lipinski definition) is 3. The van der Waals surface area contributed by atoms with Gasteiger partial charge in [0.2, 0.25) is 0 Å². The van der Waals surface area contributed by atoms with Crippen LogP contribution in [-0.2, 0) is 17.8 Å². The summed E-state index contributed by atoms with van der Waals surface area (Å²) in [6, 6.07) is 18.3. The van der Waals surface area contributed by atoms with Crippen LogP contribution in [0.2, 0.25) is 0 Å². The molecule has 2 rings (SSSR count). The first-order valence-corrected chi connectivity index (χ1v) is 8.39. The van der Waals surface area contributed by atoms with Crippen molar-refractivity contribution in [2.75, 3.05) is 34.4 Å². The van der Waals surface area contributed by atoms with Gasteiger partial charge in [0, 0.05) is 27.7 Å². The number of hydrogen-bond donors (Lipinski definition) is 1. The van der Waals surface area contributed by atoms with Gasteiger partial charge in [0.25, 0.3) is 0 Å². The maximum absolute atomic E-state index is 5.58. The standard InChI is InChI=1S/C20H27N3O2.HI/c1-23(2)20(21-15-17-7-5-4-6-8-17)22-16-18-9-11-19(12-10-18)25-14-13-24-3;/h4-12H,13-16H2,1-3H3,(H,21,22);1H. The molecule has 6 heteroatoms. The van der Waals surface area contributed by atoms with Crippen LogP contribution in [-0.4, -0.2) is 45.3 Å². The van der Waals surface area contributed by atoms with Gasteiger partial charge in [0.05, 0.1) is 13.2 Å². The predicted octanol–water partition coefficient (Wildman–Crippen LogP) is 3.54. The summed E-state index contributed by atoms with van der Waals surface area (Å²) < 4.78 is 10.6. The molecule has 0 unspecified atom stereocenters. The molecule has 0 aromatic heterocycles. The maximum Gasteiger partial charge on any atom is 0.194 e. The summed E-state index contributed by atoms with van der Waals surface area (Å²) in [6.45, 7) is 2.52. The molecule has 0 fully saturated rings. The minimum atomic E-state index is 0. The van der Waals surface area contributed by atoms with Crippen molar-refractivity contribution in [2.45, 2.75) is 13.1 Å². The molecule has 26 heavy (non-hydrogen) atoms. The number of nitrogens with zero attached hydrogens (tertiary/aromatic N) is 2. The zero-order chi connectivity index (χ0) is 17.9. The quantitative estimate of drug-likeness (QED) is 0.278. The second-order valence-corrected chi connectivity index (χ2v) is 5.86. The van der Waals surface area contributed by atoms with E-state index in [1.807, 2.05) is 49.3 Å². The lowest BCUT2D eigenvalue weighted by Gasteiger charge is -2.18. The number of aliphatic imine (C=N–C) groups is 1. The number of ether oxygens (including phenoxy) is 2. The SMILES string of the molecule is COCCOc1ccc(CNC(=NCc2ccccc2)N(C)C)cc1.I. The lowest BCUT2D eigenvalue weighted by atomic mass is 10.2. The monoisotopic (exact) mass is 469 g/mol. The van der Waals surface area contributed by atoms with Gasteiger partial charge in [-0.25, -0.2) is 4.99 Å². The summed E-state index contributed by atoms with van der Waals surface area (Å²) in [7, 11) is 5.65. The van der Waals surface area contributed by atoms with E-state index in [1.165, 1.54) is 11.1 Å². The fourth-order valence-corrected chi connectivity index (χ4v) is 2.23. The molecule has 0 saturated heterocycles. The number of nitrogens with one attached hydrogen (secondary N) is 1. The Hall–Kier alpha value is -1.80. The Labute approximate surface area is 173 Å². The van der Waals surface area contributed by atoms with Crippen LogP contribution < -0.4 is 10.1 Å². The number of rotatable bonds is 8. The molecule has 0 saturated carbocycles. The van der Waals surface area contributed by atoms with E-state index < -0.39 is 0 Å². The van der Waals surface area contributed by atoms with E-state index in [0.717, 1.165) is 11.7 Å². The van der Waals surface area contributed by atoms with E-state index in [-0.39, 0.29) is 24.0 Å². The van der Waals surface area contributed by atoms with Crippen molar-refractivity contribution in [1.82, 2.24) is 10.2 Å². The zero-order valence-electron chi connectivity index (χ0n) is 15.6. The Bertz CT molecular complexity index is 646. The van der Waals surface area contributed by atoms with Crippen LogP contribution in [0.25, 0.3) is 0 Å². The first-order chi connectivity index (χ1) is 12.2. The number of benzene rings is 2. The summed E-state index contributed by atoms with van der Waals surface area (Å²) in [5.74, 6) is 1.72. The average Bonchev–Trinajstić information content (AvgIpc) is 2.63. The molecule has 0 radical (unpaired) electrons. The lowest BCUT2D eigenvalue weighted by Crippen LogP contribution is -2.36. The van der Waals surface area contributed by atoms with E-state index in [4.69, 9.17) is 9.47 Å². The van der Waals surface area contributed by atoms with Crippen LogP contribution in [0.4, 0.5) is 0 Å². The Morgan fingerprint density at radius 3 is 2.27 bits per heavy atom. The van der Waals surface area contributed by atoms with Crippen LogP contribution in [0.3, 0.4) is 0 Å². The Kier molecular flexibility index (Phi) is 10.7. The molecule has 0 aliphatic rings. The summed E-state index contributed by atoms with van der Waals surface area (Å²) in [6.07, 6.45) is 0. The van der Waals surface area contributed by atoms with Gasteiger partial charge in [-0.15, -0.1) is 24.0 Å². The van der Waals surface area contributed by atoms with Crippen LogP contribution in [0.1, 0.15) is 11.1 Å². The second-order valence-electron chi connectivity index (χ2n) is 5.86. The van der Waals surface area contributed by atoms with Gasteiger partial charge < -0.3 is 19.7 Å². The van der Waals surface area contributed by atoms with Crippen molar-refractivity contribution in [3.05, 3.63) is 65.7 Å². The summed E-state index contributed by atoms with van der Waals surface area (Å²) in [5.41, 5.74) is 2.37. The van der Waals surface area contributed by atoms with E-state index in [0.29, 0.717) is 26.3 Å². The first kappa shape index (κ1) is 22.2. The average molecular weight is 469 g/mol. The predicted molar refractivity (Wildman–Crippen MR) is 117 cm³/mol. The lowest BCUT2D eigenvalue weighted by molar-refractivity contribution is 0.146. The fourth-order valence-electron chi connectivity index (χ4n) is 2.23. The molecule has 0 atom stereocenters. The molecular formula is C20H28IN3O2. The minimum absolute atomic E-state index is 0. The third-order valence-corrected chi connectivity index (χ3v) is 3.61. The Morgan fingerprint density at radius 2 is 1.65 bits per heavy atom. The molecule has 142 valence electrons. The molecule has 0 aliphatic heterocycles. The van der Waals surface area contributed by atoms with Crippen molar-refractivity contribution in [1.29, 1.82) is 0 Å². The molecule has 0 bridgehead atoms. The van der Waals surface area contributed by atoms with Gasteiger partial charge in [0.15, 0.2) is 5.96 Å². The molecule has 0 aliphatic carbocycles. The number of guanidine groups is 1. The van der Waals surface area contributed by atoms with Crippen molar-refractivity contribution in [3.8, 4) is 5.75 Å². The molecular weight excluding hydrogens is 441 g/mol. The van der Waals surface area contributed by atoms with Crippen molar-refractivity contribution in [2.24, 2.45) is 4.99 Å². The molecule has 1 N–H and O–H groups in total. The molecule has 0 heterocycles. The highest BCUT2D eigenvalue weighted by atomic mass is 127. The topological polar surface area (TPSA) is 46.1 Å². The fraction of sp³-hybridized carbons (Fsp3) is 0.350. The van der Waals surface area contributed by atoms with Gasteiger partial charge in [0.1, 0.15) is 12.4 Å². The highest BCUT2D eigenvalue weighted by molar-refractivity contribution is 14.0. The van der Waals surface area contributed by atoms with Crippen LogP contribution in [0.15, 0.2) is 59.6 Å². The van der Waals surface area contributed by atoms with Gasteiger partial charge >= 0.3 is 0 Å². The van der Waals surface area contributed by atoms with Gasteiger partial charge in [-0.2, -0.15) is 0 Å². The van der Waals surface area contributed by atoms with Crippen molar-refractivity contribution < 1.29 is 9.47 Å². The normalized spacial score (nSPS) is 10.8. The van der Waals surface area contributed by atoms with Gasteiger partial charge in [-0.1, -0.05) is 42.5 Å². The second kappa shape index (κ2) is 12.5. The van der Waals surface area contributed by atoms with Gasteiger partial charge in [-0.05, 0) is 23.3 Å². The third kappa shape index (κ3) is 8.05. The number of methoxy groups -OCH3 is 1. The number of halogens is 1. The molecule has 0 spiro atoms. The van der Waals surface area contributed by atoms with Gasteiger partial charge in [-0.3, -0.25) is 0 Å². The molecule has 2 aromatic carbocycles. The van der Waals surface area contributed by atoms with Crippen LogP contribution in [0.5, 0.6) is 5.75 Å². The Morgan fingerprint density at radius 1 is 0.962 bits per heavy atom. The van der Waals surface area contributed by atoms with E-state index in [1.54, 1.807) is 7.11 Å². The first-order valence-electron chi connectivity index (χ1n) is 8.39. The largest absolute Gasteiger partial charge is 0.491 e. The zero-order valence-corrected chi connectivity index (χ0v) is 18.0. The summed E-state index contributed by atoms with van der Waals surface area (Å²) in [5, 5.41) is 3.39. The summed E-state index contributed by atoms with van der Waals surface area (Å²) in [4.78, 5) is 6.66. The van der Waals surface area contributed by atoms with E-state index in [2.05, 4.69) is 34.6 Å². The van der Waals surface area contributed by atoms with Crippen LogP contribution in [0, 0.1) is 0 Å². The van der Waals surface area contributed by atoms with Crippen molar-refractivity contribution in [3.63, 3.8) is 0 Å². The third-order valence-electron chi connectivity index (χ3n) is 3.61. The van der Waals surface area contributed by atoms with Crippen LogP contribution >= 0.6 is 24.0 Å². The highest BCUT2D eigenvalue weighted by Crippen LogP contribution is 2.12. The minimum Gasteiger partial charge on any atom is -0.491 e. The molecule has 0 amide bonds. The molecule has 5 nitrogen and oxygen atoms in total. The molecule has 2 aromatic rings. The summed E-state index contributed by atoms with van der Waals surface area (Å²) >= 11 is 0. The van der Waals surface area contributed by atoms with E-state index in [9.17, 15) is 0 Å². The highest BCUT2D eigenvalue weighted by Gasteiger charge is 2.02. The smallest absolute Gasteiger partial charge is 0.194 e. The van der Waals surface area contributed by atoms with Crippen molar-refractivity contribution >= 4 is 29.9 Å².